The van der Waals surface area contributed by atoms with Gasteiger partial charge >= 0.3 is 0 Å². The van der Waals surface area contributed by atoms with Gasteiger partial charge in [-0.15, -0.1) is 0 Å². The summed E-state index contributed by atoms with van der Waals surface area (Å²) in [6, 6.07) is 13.9. The lowest BCUT2D eigenvalue weighted by atomic mass is 10.1. The van der Waals surface area contributed by atoms with Crippen molar-refractivity contribution in [3.8, 4) is 0 Å². The molecule has 1 aliphatic rings. The Balaban J connectivity index is 1.49. The SMILES string of the molecule is Cc1ccc(S(=O)(=O)NCCCc2ccc(N3CCCC3)cc2)cc1C. The average Bonchev–Trinajstić information content (AvgIpc) is 3.16. The maximum atomic E-state index is 12.4. The van der Waals surface area contributed by atoms with Crippen molar-refractivity contribution in [2.75, 3.05) is 24.5 Å². The molecule has 0 spiro atoms. The van der Waals surface area contributed by atoms with E-state index < -0.39 is 10.0 Å². The number of aryl methyl sites for hydroxylation is 3. The second kappa shape index (κ2) is 8.23. The fourth-order valence-electron chi connectivity index (χ4n) is 3.31. The molecule has 1 N–H and O–H groups in total. The molecular weight excluding hydrogens is 344 g/mol. The first-order chi connectivity index (χ1) is 12.5. The third-order valence-corrected chi connectivity index (χ3v) is 6.59. The smallest absolute Gasteiger partial charge is 0.240 e. The molecule has 0 aromatic heterocycles. The Bertz CT molecular complexity index is 839. The van der Waals surface area contributed by atoms with E-state index in [0.717, 1.165) is 37.1 Å². The Morgan fingerprint density at radius 3 is 2.31 bits per heavy atom. The molecule has 3 rings (SSSR count). The molecule has 1 aliphatic heterocycles. The Morgan fingerprint density at radius 1 is 0.962 bits per heavy atom. The van der Waals surface area contributed by atoms with E-state index in [1.165, 1.54) is 24.1 Å². The fraction of sp³-hybridized carbons (Fsp3) is 0.429. The third kappa shape index (κ3) is 4.65. The summed E-state index contributed by atoms with van der Waals surface area (Å²) in [5, 5.41) is 0. The van der Waals surface area contributed by atoms with Crippen molar-refractivity contribution in [3.63, 3.8) is 0 Å². The highest BCUT2D eigenvalue weighted by molar-refractivity contribution is 7.89. The maximum absolute atomic E-state index is 12.4. The minimum atomic E-state index is -3.43. The molecule has 0 aliphatic carbocycles. The van der Waals surface area contributed by atoms with Gasteiger partial charge in [0, 0.05) is 25.3 Å². The van der Waals surface area contributed by atoms with Crippen molar-refractivity contribution in [3.05, 3.63) is 59.2 Å². The summed E-state index contributed by atoms with van der Waals surface area (Å²) in [5.74, 6) is 0. The highest BCUT2D eigenvalue weighted by Crippen LogP contribution is 2.21. The van der Waals surface area contributed by atoms with Crippen LogP contribution in [0.2, 0.25) is 0 Å². The molecule has 0 saturated carbocycles. The Kier molecular flexibility index (Phi) is 5.99. The minimum absolute atomic E-state index is 0.343. The van der Waals surface area contributed by atoms with Crippen molar-refractivity contribution in [2.45, 2.75) is 44.4 Å². The quantitative estimate of drug-likeness (QED) is 0.752. The fourth-order valence-corrected chi connectivity index (χ4v) is 4.47. The molecule has 2 aromatic carbocycles. The number of nitrogens with one attached hydrogen (secondary N) is 1. The van der Waals surface area contributed by atoms with Gasteiger partial charge < -0.3 is 4.90 Å². The van der Waals surface area contributed by atoms with Crippen molar-refractivity contribution >= 4 is 15.7 Å². The van der Waals surface area contributed by atoms with Gasteiger partial charge in [-0.3, -0.25) is 0 Å². The molecule has 0 bridgehead atoms. The lowest BCUT2D eigenvalue weighted by Crippen LogP contribution is -2.25. The molecule has 5 heteroatoms. The third-order valence-electron chi connectivity index (χ3n) is 5.13. The summed E-state index contributed by atoms with van der Waals surface area (Å²) < 4.78 is 27.5. The summed E-state index contributed by atoms with van der Waals surface area (Å²) in [5.41, 5.74) is 4.63. The Labute approximate surface area is 157 Å². The second-order valence-corrected chi connectivity index (χ2v) is 8.87. The number of hydrogen-bond acceptors (Lipinski definition) is 3. The van der Waals surface area contributed by atoms with Crippen LogP contribution < -0.4 is 9.62 Å². The van der Waals surface area contributed by atoms with Gasteiger partial charge in [0.25, 0.3) is 0 Å². The van der Waals surface area contributed by atoms with Crippen molar-refractivity contribution < 1.29 is 8.42 Å². The first kappa shape index (κ1) is 18.9. The van der Waals surface area contributed by atoms with Gasteiger partial charge in [0.05, 0.1) is 4.90 Å². The molecule has 0 amide bonds. The standard InChI is InChI=1S/C21H28N2O2S/c1-17-7-12-21(16-18(17)2)26(24,25)22-13-5-6-19-8-10-20(11-9-19)23-14-3-4-15-23/h7-12,16,22H,3-6,13-15H2,1-2H3. The van der Waals surface area contributed by atoms with Crippen molar-refractivity contribution in [1.29, 1.82) is 0 Å². The number of nitrogens with zero attached hydrogens (tertiary/aromatic N) is 1. The van der Waals surface area contributed by atoms with Gasteiger partial charge in [0.15, 0.2) is 0 Å². The van der Waals surface area contributed by atoms with Gasteiger partial charge in [0.2, 0.25) is 10.0 Å². The topological polar surface area (TPSA) is 49.4 Å². The first-order valence-electron chi connectivity index (χ1n) is 9.36. The predicted octanol–water partition coefficient (Wildman–Crippen LogP) is 3.81. The molecule has 140 valence electrons. The van der Waals surface area contributed by atoms with Crippen LogP contribution in [0.25, 0.3) is 0 Å². The molecule has 0 radical (unpaired) electrons. The zero-order valence-electron chi connectivity index (χ0n) is 15.7. The van der Waals surface area contributed by atoms with Crippen LogP contribution in [0.4, 0.5) is 5.69 Å². The van der Waals surface area contributed by atoms with Crippen LogP contribution in [-0.4, -0.2) is 28.1 Å². The zero-order valence-corrected chi connectivity index (χ0v) is 16.5. The number of hydrogen-bond donors (Lipinski definition) is 1. The van der Waals surface area contributed by atoms with Crippen LogP contribution in [0.5, 0.6) is 0 Å². The van der Waals surface area contributed by atoms with Gasteiger partial charge in [-0.25, -0.2) is 13.1 Å². The number of anilines is 1. The van der Waals surface area contributed by atoms with Crippen LogP contribution in [-0.2, 0) is 16.4 Å². The molecule has 26 heavy (non-hydrogen) atoms. The van der Waals surface area contributed by atoms with E-state index in [1.54, 1.807) is 12.1 Å². The van der Waals surface area contributed by atoms with Gasteiger partial charge in [0.1, 0.15) is 0 Å². The number of benzene rings is 2. The average molecular weight is 373 g/mol. The molecule has 1 fully saturated rings. The summed E-state index contributed by atoms with van der Waals surface area (Å²) in [4.78, 5) is 2.76. The minimum Gasteiger partial charge on any atom is -0.372 e. The van der Waals surface area contributed by atoms with Gasteiger partial charge in [-0.2, -0.15) is 0 Å². The lowest BCUT2D eigenvalue weighted by Gasteiger charge is -2.17. The van der Waals surface area contributed by atoms with E-state index in [-0.39, 0.29) is 0 Å². The van der Waals surface area contributed by atoms with E-state index in [1.807, 2.05) is 19.9 Å². The summed E-state index contributed by atoms with van der Waals surface area (Å²) >= 11 is 0. The van der Waals surface area contributed by atoms with Crippen molar-refractivity contribution in [1.82, 2.24) is 4.72 Å². The van der Waals surface area contributed by atoms with Crippen LogP contribution >= 0.6 is 0 Å². The molecule has 1 heterocycles. The van der Waals surface area contributed by atoms with E-state index in [9.17, 15) is 8.42 Å². The zero-order chi connectivity index (χ0) is 18.6. The van der Waals surface area contributed by atoms with E-state index >= 15 is 0 Å². The predicted molar refractivity (Wildman–Crippen MR) is 107 cm³/mol. The molecule has 0 atom stereocenters. The number of rotatable bonds is 7. The first-order valence-corrected chi connectivity index (χ1v) is 10.8. The van der Waals surface area contributed by atoms with Crippen molar-refractivity contribution in [2.24, 2.45) is 0 Å². The molecule has 0 unspecified atom stereocenters. The highest BCUT2D eigenvalue weighted by Gasteiger charge is 2.14. The largest absolute Gasteiger partial charge is 0.372 e. The summed E-state index contributed by atoms with van der Waals surface area (Å²) in [6.07, 6.45) is 4.22. The number of sulfonamides is 1. The monoisotopic (exact) mass is 372 g/mol. The Hall–Kier alpha value is -1.85. The molecular formula is C21H28N2O2S. The summed E-state index contributed by atoms with van der Waals surface area (Å²) in [7, 11) is -3.43. The van der Waals surface area contributed by atoms with E-state index in [0.29, 0.717) is 11.4 Å². The van der Waals surface area contributed by atoms with Crippen LogP contribution in [0.1, 0.15) is 36.0 Å². The maximum Gasteiger partial charge on any atom is 0.240 e. The van der Waals surface area contributed by atoms with Crippen LogP contribution in [0.15, 0.2) is 47.4 Å². The molecule has 4 nitrogen and oxygen atoms in total. The second-order valence-electron chi connectivity index (χ2n) is 7.11. The lowest BCUT2D eigenvalue weighted by molar-refractivity contribution is 0.579. The molecule has 2 aromatic rings. The van der Waals surface area contributed by atoms with Gasteiger partial charge in [-0.05, 0) is 80.5 Å². The van der Waals surface area contributed by atoms with E-state index in [4.69, 9.17) is 0 Å². The Morgan fingerprint density at radius 2 is 1.65 bits per heavy atom. The molecule has 1 saturated heterocycles. The van der Waals surface area contributed by atoms with Crippen LogP contribution in [0.3, 0.4) is 0 Å². The van der Waals surface area contributed by atoms with Crippen LogP contribution in [0, 0.1) is 13.8 Å². The highest BCUT2D eigenvalue weighted by atomic mass is 32.2. The summed E-state index contributed by atoms with van der Waals surface area (Å²) in [6.45, 7) is 6.66. The van der Waals surface area contributed by atoms with Gasteiger partial charge in [-0.1, -0.05) is 18.2 Å². The normalized spacial score (nSPS) is 14.8. The van der Waals surface area contributed by atoms with E-state index in [2.05, 4.69) is 33.9 Å².